The summed E-state index contributed by atoms with van der Waals surface area (Å²) in [5.74, 6) is -0.531. The molecular formula is C20H15N3O4. The van der Waals surface area contributed by atoms with Crippen LogP contribution in [0.4, 0.5) is 5.69 Å². The van der Waals surface area contributed by atoms with Gasteiger partial charge in [-0.05, 0) is 42.5 Å². The number of hydrogen-bond acceptors (Lipinski definition) is 6. The van der Waals surface area contributed by atoms with Gasteiger partial charge in [0.05, 0.1) is 24.4 Å². The first kappa shape index (κ1) is 17.9. The van der Waals surface area contributed by atoms with Crippen LogP contribution in [0, 0.1) is 11.3 Å². The summed E-state index contributed by atoms with van der Waals surface area (Å²) in [4.78, 5) is 28.1. The Morgan fingerprint density at radius 3 is 2.70 bits per heavy atom. The Morgan fingerprint density at radius 1 is 1.19 bits per heavy atom. The maximum Gasteiger partial charge on any atom is 0.263 e. The zero-order chi connectivity index (χ0) is 19.4. The first-order chi connectivity index (χ1) is 13.0. The number of carbonyl (C=O) groups excluding carboxylic acids is 2. The Kier molecular flexibility index (Phi) is 4.99. The third-order valence-electron chi connectivity index (χ3n) is 3.69. The van der Waals surface area contributed by atoms with E-state index < -0.39 is 11.8 Å². The lowest BCUT2D eigenvalue weighted by Gasteiger charge is -2.06. The van der Waals surface area contributed by atoms with Gasteiger partial charge in [-0.3, -0.25) is 14.9 Å². The SMILES string of the molecule is COc1ccc2oc(=Nc3cccc(C#N)c3)c(C(=O)NC(C)=O)cc2c1. The van der Waals surface area contributed by atoms with E-state index in [0.29, 0.717) is 28.0 Å². The molecule has 7 heteroatoms. The first-order valence-electron chi connectivity index (χ1n) is 7.99. The molecule has 0 aliphatic rings. The van der Waals surface area contributed by atoms with Crippen molar-refractivity contribution in [3.8, 4) is 11.8 Å². The van der Waals surface area contributed by atoms with E-state index in [1.807, 2.05) is 6.07 Å². The van der Waals surface area contributed by atoms with Crippen LogP contribution in [0.25, 0.3) is 11.0 Å². The van der Waals surface area contributed by atoms with E-state index in [9.17, 15) is 9.59 Å². The van der Waals surface area contributed by atoms with Crippen molar-refractivity contribution in [3.63, 3.8) is 0 Å². The minimum Gasteiger partial charge on any atom is -0.497 e. The lowest BCUT2D eigenvalue weighted by Crippen LogP contribution is -2.32. The van der Waals surface area contributed by atoms with E-state index in [1.54, 1.807) is 48.5 Å². The van der Waals surface area contributed by atoms with Crippen molar-refractivity contribution in [2.24, 2.45) is 4.99 Å². The molecule has 1 N–H and O–H groups in total. The van der Waals surface area contributed by atoms with E-state index in [2.05, 4.69) is 10.3 Å². The quantitative estimate of drug-likeness (QED) is 0.772. The van der Waals surface area contributed by atoms with Crippen LogP contribution in [0.15, 0.2) is 57.9 Å². The van der Waals surface area contributed by atoms with Crippen molar-refractivity contribution < 1.29 is 18.7 Å². The van der Waals surface area contributed by atoms with E-state index >= 15 is 0 Å². The number of imide groups is 1. The number of nitrogens with zero attached hydrogens (tertiary/aromatic N) is 2. The number of fused-ring (bicyclic) bond motifs is 1. The van der Waals surface area contributed by atoms with Gasteiger partial charge in [0.1, 0.15) is 16.9 Å². The smallest absolute Gasteiger partial charge is 0.263 e. The number of nitrogens with one attached hydrogen (secondary N) is 1. The molecule has 0 bridgehead atoms. The second-order valence-electron chi connectivity index (χ2n) is 5.65. The number of hydrogen-bond donors (Lipinski definition) is 1. The zero-order valence-corrected chi connectivity index (χ0v) is 14.6. The van der Waals surface area contributed by atoms with Crippen LogP contribution in [0.2, 0.25) is 0 Å². The van der Waals surface area contributed by atoms with Crippen molar-refractivity contribution >= 4 is 28.5 Å². The Morgan fingerprint density at radius 2 is 2.00 bits per heavy atom. The molecule has 0 spiro atoms. The Labute approximate surface area is 154 Å². The molecule has 0 radical (unpaired) electrons. The average Bonchev–Trinajstić information content (AvgIpc) is 2.66. The molecule has 0 unspecified atom stereocenters. The number of nitriles is 1. The van der Waals surface area contributed by atoms with Gasteiger partial charge in [-0.2, -0.15) is 5.26 Å². The number of carbonyl (C=O) groups is 2. The van der Waals surface area contributed by atoms with E-state index in [0.717, 1.165) is 0 Å². The maximum absolute atomic E-state index is 12.5. The summed E-state index contributed by atoms with van der Waals surface area (Å²) < 4.78 is 11.0. The largest absolute Gasteiger partial charge is 0.497 e. The number of benzene rings is 2. The number of methoxy groups -OCH3 is 1. The van der Waals surface area contributed by atoms with E-state index in [1.165, 1.54) is 14.0 Å². The van der Waals surface area contributed by atoms with Gasteiger partial charge >= 0.3 is 0 Å². The molecule has 1 heterocycles. The molecule has 2 aromatic carbocycles. The van der Waals surface area contributed by atoms with Gasteiger partial charge in [0.2, 0.25) is 11.5 Å². The van der Waals surface area contributed by atoms with Gasteiger partial charge < -0.3 is 9.15 Å². The molecule has 0 saturated carbocycles. The molecular weight excluding hydrogens is 346 g/mol. The summed E-state index contributed by atoms with van der Waals surface area (Å²) in [5, 5.41) is 11.9. The molecule has 0 aliphatic carbocycles. The highest BCUT2D eigenvalue weighted by Crippen LogP contribution is 2.21. The Hall–Kier alpha value is -3.92. The third kappa shape index (κ3) is 4.02. The predicted molar refractivity (Wildman–Crippen MR) is 97.3 cm³/mol. The first-order valence-corrected chi connectivity index (χ1v) is 7.99. The van der Waals surface area contributed by atoms with E-state index in [-0.39, 0.29) is 11.1 Å². The molecule has 3 aromatic rings. The Balaban J connectivity index is 2.24. The van der Waals surface area contributed by atoms with Gasteiger partial charge in [0.15, 0.2) is 0 Å². The molecule has 0 atom stereocenters. The van der Waals surface area contributed by atoms with Crippen LogP contribution in [-0.2, 0) is 4.79 Å². The van der Waals surface area contributed by atoms with Crippen molar-refractivity contribution in [3.05, 3.63) is 65.2 Å². The molecule has 3 rings (SSSR count). The van der Waals surface area contributed by atoms with Crippen molar-refractivity contribution in [2.45, 2.75) is 6.92 Å². The fourth-order valence-electron chi connectivity index (χ4n) is 2.47. The molecule has 1 aromatic heterocycles. The monoisotopic (exact) mass is 361 g/mol. The number of rotatable bonds is 3. The standard InChI is InChI=1S/C20H15N3O4/c1-12(24)22-19(25)17-10-14-9-16(26-2)6-7-18(14)27-20(17)23-15-5-3-4-13(8-15)11-21/h3-10H,1-2H3,(H,22,24,25). The highest BCUT2D eigenvalue weighted by atomic mass is 16.5. The summed E-state index contributed by atoms with van der Waals surface area (Å²) in [5.41, 5.74) is 1.49. The van der Waals surface area contributed by atoms with Gasteiger partial charge in [-0.1, -0.05) is 6.07 Å². The number of ether oxygens (including phenoxy) is 1. The lowest BCUT2D eigenvalue weighted by molar-refractivity contribution is -0.118. The highest BCUT2D eigenvalue weighted by molar-refractivity contribution is 6.05. The van der Waals surface area contributed by atoms with Crippen LogP contribution >= 0.6 is 0 Å². The fraction of sp³-hybridized carbons (Fsp3) is 0.100. The van der Waals surface area contributed by atoms with Crippen LogP contribution in [0.5, 0.6) is 5.75 Å². The molecule has 0 saturated heterocycles. The molecule has 0 fully saturated rings. The second-order valence-corrected chi connectivity index (χ2v) is 5.65. The maximum atomic E-state index is 12.5. The molecule has 134 valence electrons. The third-order valence-corrected chi connectivity index (χ3v) is 3.69. The van der Waals surface area contributed by atoms with Gasteiger partial charge in [-0.25, -0.2) is 4.99 Å². The van der Waals surface area contributed by atoms with Crippen molar-refractivity contribution in [1.29, 1.82) is 5.26 Å². The Bertz CT molecular complexity index is 1160. The van der Waals surface area contributed by atoms with Gasteiger partial charge in [-0.15, -0.1) is 0 Å². The summed E-state index contributed by atoms with van der Waals surface area (Å²) in [6, 6.07) is 15.3. The fourth-order valence-corrected chi connectivity index (χ4v) is 2.47. The molecule has 7 nitrogen and oxygen atoms in total. The van der Waals surface area contributed by atoms with Crippen LogP contribution in [0.3, 0.4) is 0 Å². The second kappa shape index (κ2) is 7.54. The summed E-state index contributed by atoms with van der Waals surface area (Å²) in [7, 11) is 1.54. The topological polar surface area (TPSA) is 105 Å². The predicted octanol–water partition coefficient (Wildman–Crippen LogP) is 2.82. The van der Waals surface area contributed by atoms with E-state index in [4.69, 9.17) is 14.4 Å². The lowest BCUT2D eigenvalue weighted by atomic mass is 10.1. The summed E-state index contributed by atoms with van der Waals surface area (Å²) >= 11 is 0. The van der Waals surface area contributed by atoms with Gasteiger partial charge in [0, 0.05) is 12.3 Å². The highest BCUT2D eigenvalue weighted by Gasteiger charge is 2.14. The molecule has 2 amide bonds. The zero-order valence-electron chi connectivity index (χ0n) is 14.6. The average molecular weight is 361 g/mol. The number of amides is 2. The molecule has 0 aliphatic heterocycles. The summed E-state index contributed by atoms with van der Waals surface area (Å²) in [6.07, 6.45) is 0. The van der Waals surface area contributed by atoms with Crippen molar-refractivity contribution in [2.75, 3.05) is 7.11 Å². The minimum atomic E-state index is -0.633. The summed E-state index contributed by atoms with van der Waals surface area (Å²) in [6.45, 7) is 1.24. The van der Waals surface area contributed by atoms with Crippen LogP contribution < -0.4 is 15.6 Å². The van der Waals surface area contributed by atoms with Crippen LogP contribution in [-0.4, -0.2) is 18.9 Å². The minimum absolute atomic E-state index is 0.0292. The normalized spacial score (nSPS) is 11.1. The van der Waals surface area contributed by atoms with Gasteiger partial charge in [0.25, 0.3) is 5.91 Å². The van der Waals surface area contributed by atoms with Crippen LogP contribution in [0.1, 0.15) is 22.8 Å². The van der Waals surface area contributed by atoms with Crippen molar-refractivity contribution in [1.82, 2.24) is 5.32 Å². The molecule has 27 heavy (non-hydrogen) atoms.